The molecule has 0 amide bonds. The molecule has 0 bridgehead atoms. The van der Waals surface area contributed by atoms with Crippen molar-refractivity contribution >= 4 is 0 Å². The number of hydrogen-bond donors (Lipinski definition) is 1. The molecule has 4 heteroatoms. The van der Waals surface area contributed by atoms with Crippen LogP contribution < -0.4 is 10.1 Å². The summed E-state index contributed by atoms with van der Waals surface area (Å²) in [6.07, 6.45) is 6.76. The monoisotopic (exact) mass is 265 g/mol. The Balaban J connectivity index is 2.11. The third-order valence-electron chi connectivity index (χ3n) is 4.01. The van der Waals surface area contributed by atoms with Crippen LogP contribution in [0.4, 0.5) is 0 Å². The zero-order valence-electron chi connectivity index (χ0n) is 12.6. The van der Waals surface area contributed by atoms with E-state index in [4.69, 9.17) is 4.74 Å². The molecule has 1 saturated carbocycles. The summed E-state index contributed by atoms with van der Waals surface area (Å²) in [6.45, 7) is 7.70. The first-order chi connectivity index (χ1) is 9.17. The van der Waals surface area contributed by atoms with Gasteiger partial charge in [0.25, 0.3) is 0 Å². The van der Waals surface area contributed by atoms with Gasteiger partial charge in [-0.25, -0.2) is 0 Å². The summed E-state index contributed by atoms with van der Waals surface area (Å²) in [5.74, 6) is 1.53. The number of nitrogens with zero attached hydrogens (tertiary/aromatic N) is 2. The maximum Gasteiger partial charge on any atom is 0.160 e. The average Bonchev–Trinajstić information content (AvgIpc) is 3.01. The standard InChI is InChI=1S/C15H27N3O/c1-5-8-16-13-7-6-12(9-13)15-14(19-4)10-17-18(15)11(2)3/h10-13,16H,5-9H2,1-4H3. The van der Waals surface area contributed by atoms with Crippen LogP contribution in [0.15, 0.2) is 6.20 Å². The minimum Gasteiger partial charge on any atom is -0.493 e. The lowest BCUT2D eigenvalue weighted by atomic mass is 10.0. The van der Waals surface area contributed by atoms with Crippen LogP contribution in [0.1, 0.15) is 64.1 Å². The molecule has 2 atom stereocenters. The molecular formula is C15H27N3O. The largest absolute Gasteiger partial charge is 0.493 e. The first-order valence-electron chi connectivity index (χ1n) is 7.52. The SMILES string of the molecule is CCCNC1CCC(c2c(OC)cnn2C(C)C)C1. The van der Waals surface area contributed by atoms with Crippen LogP contribution in [-0.4, -0.2) is 29.5 Å². The normalized spacial score (nSPS) is 23.2. The molecule has 1 aromatic rings. The van der Waals surface area contributed by atoms with Gasteiger partial charge in [-0.05, 0) is 46.1 Å². The summed E-state index contributed by atoms with van der Waals surface area (Å²) >= 11 is 0. The predicted octanol–water partition coefficient (Wildman–Crippen LogP) is 3.11. The predicted molar refractivity (Wildman–Crippen MR) is 77.8 cm³/mol. The Morgan fingerprint density at radius 1 is 1.47 bits per heavy atom. The third-order valence-corrected chi connectivity index (χ3v) is 4.01. The van der Waals surface area contributed by atoms with Crippen molar-refractivity contribution in [2.75, 3.05) is 13.7 Å². The molecule has 1 heterocycles. The minimum absolute atomic E-state index is 0.390. The molecule has 19 heavy (non-hydrogen) atoms. The zero-order chi connectivity index (χ0) is 13.8. The van der Waals surface area contributed by atoms with E-state index in [1.165, 1.54) is 31.4 Å². The van der Waals surface area contributed by atoms with Crippen molar-refractivity contribution in [2.45, 2.75) is 64.5 Å². The van der Waals surface area contributed by atoms with Gasteiger partial charge in [0, 0.05) is 18.0 Å². The van der Waals surface area contributed by atoms with Crippen LogP contribution in [0.2, 0.25) is 0 Å². The van der Waals surface area contributed by atoms with Gasteiger partial charge in [-0.2, -0.15) is 5.10 Å². The lowest BCUT2D eigenvalue weighted by molar-refractivity contribution is 0.395. The Morgan fingerprint density at radius 2 is 2.26 bits per heavy atom. The van der Waals surface area contributed by atoms with Gasteiger partial charge in [0.1, 0.15) is 0 Å². The molecule has 1 N–H and O–H groups in total. The molecule has 108 valence electrons. The highest BCUT2D eigenvalue weighted by molar-refractivity contribution is 5.30. The molecule has 0 saturated heterocycles. The van der Waals surface area contributed by atoms with E-state index in [0.29, 0.717) is 18.0 Å². The van der Waals surface area contributed by atoms with Crippen molar-refractivity contribution in [1.29, 1.82) is 0 Å². The Hall–Kier alpha value is -1.03. The maximum absolute atomic E-state index is 5.50. The van der Waals surface area contributed by atoms with Gasteiger partial charge in [0.05, 0.1) is 19.0 Å². The number of nitrogens with one attached hydrogen (secondary N) is 1. The molecule has 2 rings (SSSR count). The van der Waals surface area contributed by atoms with Gasteiger partial charge in [-0.1, -0.05) is 6.92 Å². The Labute approximate surface area is 116 Å². The second-order valence-electron chi connectivity index (χ2n) is 5.80. The summed E-state index contributed by atoms with van der Waals surface area (Å²) in [5.41, 5.74) is 1.29. The van der Waals surface area contributed by atoms with Gasteiger partial charge in [0.2, 0.25) is 0 Å². The van der Waals surface area contributed by atoms with Gasteiger partial charge in [0.15, 0.2) is 5.75 Å². The fourth-order valence-electron chi connectivity index (χ4n) is 3.08. The van der Waals surface area contributed by atoms with E-state index in [0.717, 1.165) is 12.3 Å². The van der Waals surface area contributed by atoms with Gasteiger partial charge < -0.3 is 10.1 Å². The molecule has 0 radical (unpaired) electrons. The van der Waals surface area contributed by atoms with E-state index in [1.807, 2.05) is 6.20 Å². The van der Waals surface area contributed by atoms with Crippen molar-refractivity contribution < 1.29 is 4.74 Å². The Kier molecular flexibility index (Phi) is 4.86. The van der Waals surface area contributed by atoms with E-state index in [-0.39, 0.29) is 0 Å². The van der Waals surface area contributed by atoms with E-state index < -0.39 is 0 Å². The topological polar surface area (TPSA) is 39.1 Å². The maximum atomic E-state index is 5.50. The highest BCUT2D eigenvalue weighted by atomic mass is 16.5. The fourth-order valence-corrected chi connectivity index (χ4v) is 3.08. The van der Waals surface area contributed by atoms with Crippen molar-refractivity contribution in [3.05, 3.63) is 11.9 Å². The first kappa shape index (κ1) is 14.4. The van der Waals surface area contributed by atoms with Gasteiger partial charge in [-0.15, -0.1) is 0 Å². The Morgan fingerprint density at radius 3 is 2.89 bits per heavy atom. The van der Waals surface area contributed by atoms with Crippen LogP contribution in [0, 0.1) is 0 Å². The van der Waals surface area contributed by atoms with Crippen molar-refractivity contribution in [3.8, 4) is 5.75 Å². The van der Waals surface area contributed by atoms with Crippen molar-refractivity contribution in [2.24, 2.45) is 0 Å². The molecule has 0 spiro atoms. The number of rotatable bonds is 6. The lowest BCUT2D eigenvalue weighted by Gasteiger charge is -2.18. The highest BCUT2D eigenvalue weighted by Gasteiger charge is 2.31. The summed E-state index contributed by atoms with van der Waals surface area (Å²) in [5, 5.41) is 8.13. The molecule has 1 fully saturated rings. The second kappa shape index (κ2) is 6.42. The molecule has 1 aliphatic carbocycles. The lowest BCUT2D eigenvalue weighted by Crippen LogP contribution is -2.27. The molecule has 4 nitrogen and oxygen atoms in total. The number of hydrogen-bond acceptors (Lipinski definition) is 3. The van der Waals surface area contributed by atoms with Crippen molar-refractivity contribution in [1.82, 2.24) is 15.1 Å². The van der Waals surface area contributed by atoms with E-state index in [9.17, 15) is 0 Å². The van der Waals surface area contributed by atoms with Crippen LogP contribution in [0.5, 0.6) is 5.75 Å². The summed E-state index contributed by atoms with van der Waals surface area (Å²) in [6, 6.07) is 1.05. The van der Waals surface area contributed by atoms with Crippen LogP contribution in [0.3, 0.4) is 0 Å². The zero-order valence-corrected chi connectivity index (χ0v) is 12.6. The summed E-state index contributed by atoms with van der Waals surface area (Å²) in [4.78, 5) is 0. The van der Waals surface area contributed by atoms with Gasteiger partial charge >= 0.3 is 0 Å². The van der Waals surface area contributed by atoms with E-state index in [2.05, 4.69) is 35.9 Å². The minimum atomic E-state index is 0.390. The van der Waals surface area contributed by atoms with Crippen molar-refractivity contribution in [3.63, 3.8) is 0 Å². The second-order valence-corrected chi connectivity index (χ2v) is 5.80. The van der Waals surface area contributed by atoms with E-state index in [1.54, 1.807) is 7.11 Å². The molecule has 2 unspecified atom stereocenters. The molecule has 1 aliphatic rings. The Bertz CT molecular complexity index is 400. The third kappa shape index (κ3) is 3.11. The first-order valence-corrected chi connectivity index (χ1v) is 7.52. The number of aromatic nitrogens is 2. The highest BCUT2D eigenvalue weighted by Crippen LogP contribution is 2.39. The molecule has 0 aromatic carbocycles. The average molecular weight is 265 g/mol. The summed E-state index contributed by atoms with van der Waals surface area (Å²) in [7, 11) is 1.74. The molecular weight excluding hydrogens is 238 g/mol. The van der Waals surface area contributed by atoms with Gasteiger partial charge in [-0.3, -0.25) is 4.68 Å². The fraction of sp³-hybridized carbons (Fsp3) is 0.800. The summed E-state index contributed by atoms with van der Waals surface area (Å²) < 4.78 is 7.63. The quantitative estimate of drug-likeness (QED) is 0.859. The van der Waals surface area contributed by atoms with Crippen LogP contribution in [-0.2, 0) is 0 Å². The van der Waals surface area contributed by atoms with Crippen LogP contribution >= 0.6 is 0 Å². The van der Waals surface area contributed by atoms with Crippen LogP contribution in [0.25, 0.3) is 0 Å². The number of ether oxygens (including phenoxy) is 1. The van der Waals surface area contributed by atoms with E-state index >= 15 is 0 Å². The molecule has 1 aromatic heterocycles. The smallest absolute Gasteiger partial charge is 0.160 e. The number of methoxy groups -OCH3 is 1. The molecule has 0 aliphatic heterocycles.